The van der Waals surface area contributed by atoms with E-state index < -0.39 is 0 Å². The molecule has 23 heavy (non-hydrogen) atoms. The predicted molar refractivity (Wildman–Crippen MR) is 98.2 cm³/mol. The molecule has 3 aromatic rings. The number of anilines is 1. The Labute approximate surface area is 141 Å². The molecule has 0 bridgehead atoms. The molecule has 1 heterocycles. The van der Waals surface area contributed by atoms with Gasteiger partial charge in [0.25, 0.3) is 0 Å². The Morgan fingerprint density at radius 2 is 1.52 bits per heavy atom. The van der Waals surface area contributed by atoms with Gasteiger partial charge in [-0.15, -0.1) is 0 Å². The number of aromatic nitrogens is 1. The van der Waals surface area contributed by atoms with Crippen molar-refractivity contribution in [1.29, 1.82) is 0 Å². The van der Waals surface area contributed by atoms with Gasteiger partial charge in [0, 0.05) is 18.4 Å². The van der Waals surface area contributed by atoms with Crippen LogP contribution in [0, 0.1) is 0 Å². The van der Waals surface area contributed by atoms with E-state index in [1.165, 1.54) is 5.56 Å². The first-order valence-corrected chi connectivity index (χ1v) is 7.82. The molecule has 114 valence electrons. The summed E-state index contributed by atoms with van der Waals surface area (Å²) in [7, 11) is 0. The summed E-state index contributed by atoms with van der Waals surface area (Å²) in [6.45, 7) is 0.758. The van der Waals surface area contributed by atoms with Crippen molar-refractivity contribution in [2.45, 2.75) is 6.54 Å². The fraction of sp³-hybridized carbons (Fsp3) is 0.0526. The third-order valence-electron chi connectivity index (χ3n) is 3.35. The second-order valence-corrected chi connectivity index (χ2v) is 5.47. The van der Waals surface area contributed by atoms with Crippen molar-refractivity contribution in [1.82, 2.24) is 4.57 Å². The average Bonchev–Trinajstić information content (AvgIpc) is 2.58. The lowest BCUT2D eigenvalue weighted by atomic mass is 10.2. The fourth-order valence-corrected chi connectivity index (χ4v) is 2.47. The number of rotatable bonds is 3. The van der Waals surface area contributed by atoms with Gasteiger partial charge in [0.1, 0.15) is 5.49 Å². The summed E-state index contributed by atoms with van der Waals surface area (Å²) >= 11 is 5.35. The largest absolute Gasteiger partial charge is 0.331 e. The number of para-hydroxylation sites is 1. The Morgan fingerprint density at radius 1 is 0.870 bits per heavy atom. The van der Waals surface area contributed by atoms with Gasteiger partial charge >= 0.3 is 0 Å². The highest BCUT2D eigenvalue weighted by Gasteiger charge is 1.98. The van der Waals surface area contributed by atoms with Crippen LogP contribution in [-0.4, -0.2) is 9.68 Å². The number of hydrogen-bond donors (Lipinski definition) is 1. The molecule has 2 aromatic carbocycles. The zero-order chi connectivity index (χ0) is 15.9. The lowest BCUT2D eigenvalue weighted by molar-refractivity contribution is 0.746. The standard InChI is InChI=1S/C19H17N3S/c23-19(20-17-11-5-2-6-12-17)21-18-13-7-8-14-22(18)15-16-9-3-1-4-10-16/h1-14H,15H2,(H,20,23)/b21-18+. The van der Waals surface area contributed by atoms with Gasteiger partial charge < -0.3 is 9.88 Å². The van der Waals surface area contributed by atoms with Crippen LogP contribution in [-0.2, 0) is 6.54 Å². The van der Waals surface area contributed by atoms with Crippen molar-refractivity contribution >= 4 is 23.0 Å². The molecule has 1 aromatic heterocycles. The average molecular weight is 319 g/mol. The van der Waals surface area contributed by atoms with Crippen molar-refractivity contribution in [3.63, 3.8) is 0 Å². The number of hydrogen-bond acceptors (Lipinski definition) is 1. The van der Waals surface area contributed by atoms with E-state index in [4.69, 9.17) is 12.2 Å². The second kappa shape index (κ2) is 7.51. The van der Waals surface area contributed by atoms with Gasteiger partial charge in [-0.1, -0.05) is 54.6 Å². The van der Waals surface area contributed by atoms with Gasteiger partial charge in [0.05, 0.1) is 0 Å². The van der Waals surface area contributed by atoms with E-state index in [-0.39, 0.29) is 0 Å². The van der Waals surface area contributed by atoms with Gasteiger partial charge in [0.2, 0.25) is 0 Å². The van der Waals surface area contributed by atoms with Crippen molar-refractivity contribution in [3.05, 3.63) is 96.1 Å². The highest BCUT2D eigenvalue weighted by Crippen LogP contribution is 2.05. The molecule has 0 spiro atoms. The maximum atomic E-state index is 5.35. The first-order chi connectivity index (χ1) is 11.3. The van der Waals surface area contributed by atoms with Crippen LogP contribution in [0.3, 0.4) is 0 Å². The lowest BCUT2D eigenvalue weighted by Gasteiger charge is -2.08. The van der Waals surface area contributed by atoms with Crippen molar-refractivity contribution in [2.75, 3.05) is 5.32 Å². The van der Waals surface area contributed by atoms with Gasteiger partial charge in [-0.2, -0.15) is 0 Å². The summed E-state index contributed by atoms with van der Waals surface area (Å²) in [4.78, 5) is 4.53. The summed E-state index contributed by atoms with van der Waals surface area (Å²) in [6, 6.07) is 26.0. The summed E-state index contributed by atoms with van der Waals surface area (Å²) < 4.78 is 2.08. The van der Waals surface area contributed by atoms with Crippen LogP contribution < -0.4 is 10.8 Å². The van der Waals surface area contributed by atoms with Crippen LogP contribution in [0.5, 0.6) is 0 Å². The molecule has 0 aliphatic carbocycles. The van der Waals surface area contributed by atoms with Crippen LogP contribution in [0.15, 0.2) is 90.1 Å². The second-order valence-electron chi connectivity index (χ2n) is 5.08. The molecule has 0 aliphatic heterocycles. The molecule has 0 aliphatic rings. The number of nitrogens with zero attached hydrogens (tertiary/aromatic N) is 2. The normalized spacial score (nSPS) is 11.2. The first-order valence-electron chi connectivity index (χ1n) is 7.41. The Kier molecular flexibility index (Phi) is 4.96. The molecule has 3 nitrogen and oxygen atoms in total. The van der Waals surface area contributed by atoms with E-state index in [1.54, 1.807) is 0 Å². The maximum Gasteiger partial charge on any atom is 0.199 e. The van der Waals surface area contributed by atoms with E-state index >= 15 is 0 Å². The zero-order valence-electron chi connectivity index (χ0n) is 12.6. The van der Waals surface area contributed by atoms with E-state index in [0.29, 0.717) is 5.11 Å². The summed E-state index contributed by atoms with van der Waals surface area (Å²) in [5, 5.41) is 3.58. The predicted octanol–water partition coefficient (Wildman–Crippen LogP) is 3.83. The Morgan fingerprint density at radius 3 is 2.26 bits per heavy atom. The molecule has 0 saturated heterocycles. The Bertz CT molecular complexity index is 839. The molecule has 0 atom stereocenters. The maximum absolute atomic E-state index is 5.35. The summed E-state index contributed by atoms with van der Waals surface area (Å²) in [6.07, 6.45) is 2.01. The molecule has 0 unspecified atom stereocenters. The van der Waals surface area contributed by atoms with Crippen molar-refractivity contribution < 1.29 is 0 Å². The van der Waals surface area contributed by atoms with Crippen LogP contribution in [0.25, 0.3) is 0 Å². The highest BCUT2D eigenvalue weighted by atomic mass is 32.1. The molecule has 0 amide bonds. The SMILES string of the molecule is S=C(/N=c1\ccccn1Cc1ccccc1)Nc1ccccc1. The van der Waals surface area contributed by atoms with Crippen LogP contribution in [0.2, 0.25) is 0 Å². The molecule has 0 fully saturated rings. The van der Waals surface area contributed by atoms with Crippen LogP contribution in [0.1, 0.15) is 5.56 Å². The van der Waals surface area contributed by atoms with Crippen molar-refractivity contribution in [3.8, 4) is 0 Å². The lowest BCUT2D eigenvalue weighted by Crippen LogP contribution is -2.23. The minimum Gasteiger partial charge on any atom is -0.331 e. The Balaban J connectivity index is 1.83. The first kappa shape index (κ1) is 15.2. The van der Waals surface area contributed by atoms with E-state index in [2.05, 4.69) is 27.0 Å². The van der Waals surface area contributed by atoms with Crippen LogP contribution >= 0.6 is 12.2 Å². The quantitative estimate of drug-likeness (QED) is 0.743. The molecule has 0 saturated carbocycles. The molecule has 0 radical (unpaired) electrons. The summed E-state index contributed by atoms with van der Waals surface area (Å²) in [5.41, 5.74) is 2.98. The van der Waals surface area contributed by atoms with Gasteiger partial charge in [-0.3, -0.25) is 0 Å². The molecule has 3 rings (SSSR count). The van der Waals surface area contributed by atoms with Gasteiger partial charge in [0.15, 0.2) is 5.11 Å². The number of thiocarbonyl (C=S) groups is 1. The molecule has 1 N–H and O–H groups in total. The fourth-order valence-electron chi connectivity index (χ4n) is 2.26. The summed E-state index contributed by atoms with van der Waals surface area (Å²) in [5.74, 6) is 0. The van der Waals surface area contributed by atoms with E-state index in [0.717, 1.165) is 17.7 Å². The molecule has 4 heteroatoms. The third-order valence-corrected chi connectivity index (χ3v) is 3.55. The minimum absolute atomic E-state index is 0.448. The zero-order valence-corrected chi connectivity index (χ0v) is 13.4. The van der Waals surface area contributed by atoms with Gasteiger partial charge in [-0.25, -0.2) is 4.99 Å². The number of benzene rings is 2. The minimum atomic E-state index is 0.448. The smallest absolute Gasteiger partial charge is 0.199 e. The molecular weight excluding hydrogens is 302 g/mol. The van der Waals surface area contributed by atoms with Crippen LogP contribution in [0.4, 0.5) is 5.69 Å². The third kappa shape index (κ3) is 4.37. The topological polar surface area (TPSA) is 29.3 Å². The number of pyridine rings is 1. The van der Waals surface area contributed by atoms with Gasteiger partial charge in [-0.05, 0) is 42.0 Å². The monoisotopic (exact) mass is 319 g/mol. The number of nitrogens with one attached hydrogen (secondary N) is 1. The highest BCUT2D eigenvalue weighted by molar-refractivity contribution is 7.80. The van der Waals surface area contributed by atoms with E-state index in [1.807, 2.05) is 72.9 Å². The van der Waals surface area contributed by atoms with E-state index in [9.17, 15) is 0 Å². The van der Waals surface area contributed by atoms with Crippen molar-refractivity contribution in [2.24, 2.45) is 4.99 Å². The Hall–Kier alpha value is -2.72. The molecular formula is C19H17N3S.